The minimum atomic E-state index is -0.298. The number of amides is 1. The van der Waals surface area contributed by atoms with Crippen LogP contribution >= 0.6 is 11.8 Å². The molecule has 1 fully saturated rings. The molecule has 2 aromatic heterocycles. The van der Waals surface area contributed by atoms with Crippen molar-refractivity contribution >= 4 is 28.6 Å². The maximum atomic E-state index is 13.6. The largest absolute Gasteiger partial charge is 0.361 e. The topological polar surface area (TPSA) is 62.5 Å². The third kappa shape index (κ3) is 4.94. The first kappa shape index (κ1) is 19.8. The van der Waals surface area contributed by atoms with Gasteiger partial charge in [-0.15, -0.1) is 11.8 Å². The highest BCUT2D eigenvalue weighted by molar-refractivity contribution is 8.00. The Morgan fingerprint density at radius 3 is 2.93 bits per heavy atom. The van der Waals surface area contributed by atoms with Crippen molar-refractivity contribution < 1.29 is 13.7 Å². The van der Waals surface area contributed by atoms with Crippen molar-refractivity contribution in [3.8, 4) is 0 Å². The molecule has 8 heteroatoms. The Morgan fingerprint density at radius 1 is 1.21 bits per heavy atom. The molecule has 1 aliphatic rings. The monoisotopic (exact) mass is 414 g/mol. The fraction of sp³-hybridized carbons (Fsp3) is 0.381. The van der Waals surface area contributed by atoms with E-state index in [9.17, 15) is 9.18 Å². The quantitative estimate of drug-likeness (QED) is 0.596. The third-order valence-corrected chi connectivity index (χ3v) is 6.08. The van der Waals surface area contributed by atoms with E-state index in [0.717, 1.165) is 59.9 Å². The minimum Gasteiger partial charge on any atom is -0.361 e. The van der Waals surface area contributed by atoms with Crippen molar-refractivity contribution in [2.75, 3.05) is 31.9 Å². The van der Waals surface area contributed by atoms with Gasteiger partial charge in [-0.25, -0.2) is 4.39 Å². The van der Waals surface area contributed by atoms with Gasteiger partial charge >= 0.3 is 0 Å². The molecular weight excluding hydrogens is 391 g/mol. The van der Waals surface area contributed by atoms with Crippen molar-refractivity contribution in [2.24, 2.45) is 0 Å². The molecular formula is C21H23FN4O2S. The van der Waals surface area contributed by atoms with Gasteiger partial charge in [0, 0.05) is 55.3 Å². The van der Waals surface area contributed by atoms with Crippen molar-refractivity contribution in [1.82, 2.24) is 19.9 Å². The highest BCUT2D eigenvalue weighted by Crippen LogP contribution is 2.27. The molecule has 0 radical (unpaired) electrons. The lowest BCUT2D eigenvalue weighted by molar-refractivity contribution is -0.128. The average Bonchev–Trinajstić information content (AvgIpc) is 2.98. The summed E-state index contributed by atoms with van der Waals surface area (Å²) in [6, 6.07) is 8.33. The number of halogens is 1. The molecule has 3 aromatic rings. The number of benzene rings is 1. The maximum Gasteiger partial charge on any atom is 0.232 e. The molecule has 3 heterocycles. The number of hydrogen-bond donors (Lipinski definition) is 0. The van der Waals surface area contributed by atoms with Gasteiger partial charge in [0.05, 0.1) is 17.0 Å². The predicted octanol–water partition coefficient (Wildman–Crippen LogP) is 3.50. The van der Waals surface area contributed by atoms with E-state index in [1.54, 1.807) is 12.3 Å². The van der Waals surface area contributed by atoms with Crippen LogP contribution in [0.5, 0.6) is 0 Å². The first-order chi connectivity index (χ1) is 14.1. The van der Waals surface area contributed by atoms with Crippen molar-refractivity contribution in [1.29, 1.82) is 0 Å². The molecule has 29 heavy (non-hydrogen) atoms. The summed E-state index contributed by atoms with van der Waals surface area (Å²) in [5, 5.41) is 4.80. The summed E-state index contributed by atoms with van der Waals surface area (Å²) in [4.78, 5) is 22.1. The van der Waals surface area contributed by atoms with Crippen LogP contribution in [-0.2, 0) is 11.3 Å². The molecule has 152 valence electrons. The summed E-state index contributed by atoms with van der Waals surface area (Å²) >= 11 is 1.44. The number of carbonyl (C=O) groups is 1. The highest BCUT2D eigenvalue weighted by Gasteiger charge is 2.20. The summed E-state index contributed by atoms with van der Waals surface area (Å²) in [6.07, 6.45) is 2.62. The normalized spacial score (nSPS) is 15.6. The van der Waals surface area contributed by atoms with Crippen LogP contribution in [-0.4, -0.2) is 57.8 Å². The van der Waals surface area contributed by atoms with Gasteiger partial charge in [0.25, 0.3) is 0 Å². The molecule has 1 amide bonds. The molecule has 1 aliphatic heterocycles. The number of thioether (sulfide) groups is 1. The van der Waals surface area contributed by atoms with Crippen LogP contribution in [0.3, 0.4) is 0 Å². The zero-order valence-corrected chi connectivity index (χ0v) is 17.1. The van der Waals surface area contributed by atoms with Gasteiger partial charge < -0.3 is 9.42 Å². The van der Waals surface area contributed by atoms with E-state index < -0.39 is 0 Å². The van der Waals surface area contributed by atoms with Gasteiger partial charge in [-0.2, -0.15) is 0 Å². The van der Waals surface area contributed by atoms with E-state index in [2.05, 4.69) is 15.0 Å². The summed E-state index contributed by atoms with van der Waals surface area (Å²) < 4.78 is 18.8. The van der Waals surface area contributed by atoms with Gasteiger partial charge in [0.2, 0.25) is 5.91 Å². The predicted molar refractivity (Wildman–Crippen MR) is 110 cm³/mol. The van der Waals surface area contributed by atoms with E-state index in [4.69, 9.17) is 4.52 Å². The van der Waals surface area contributed by atoms with E-state index in [1.165, 1.54) is 23.9 Å². The maximum absolute atomic E-state index is 13.6. The summed E-state index contributed by atoms with van der Waals surface area (Å²) in [5.74, 6) is 0.953. The minimum absolute atomic E-state index is 0.107. The molecule has 0 aliphatic carbocycles. The number of carbonyl (C=O) groups excluding carboxylic acids is 1. The second kappa shape index (κ2) is 8.92. The molecule has 0 atom stereocenters. The van der Waals surface area contributed by atoms with E-state index in [0.29, 0.717) is 12.3 Å². The summed E-state index contributed by atoms with van der Waals surface area (Å²) in [6.45, 7) is 5.81. The summed E-state index contributed by atoms with van der Waals surface area (Å²) in [7, 11) is 0. The lowest BCUT2D eigenvalue weighted by Crippen LogP contribution is -2.36. The van der Waals surface area contributed by atoms with Gasteiger partial charge in [0.15, 0.2) is 0 Å². The highest BCUT2D eigenvalue weighted by atomic mass is 32.2. The molecule has 1 saturated heterocycles. The van der Waals surface area contributed by atoms with E-state index in [-0.39, 0.29) is 11.7 Å². The lowest BCUT2D eigenvalue weighted by atomic mass is 10.2. The van der Waals surface area contributed by atoms with E-state index >= 15 is 0 Å². The fourth-order valence-corrected chi connectivity index (χ4v) is 4.49. The fourth-order valence-electron chi connectivity index (χ4n) is 3.55. The molecule has 0 bridgehead atoms. The van der Waals surface area contributed by atoms with Crippen molar-refractivity contribution in [3.05, 3.63) is 53.8 Å². The van der Waals surface area contributed by atoms with Crippen LogP contribution in [0.15, 0.2) is 45.9 Å². The van der Waals surface area contributed by atoms with Crippen LogP contribution < -0.4 is 0 Å². The number of rotatable bonds is 5. The van der Waals surface area contributed by atoms with Crippen LogP contribution in [0.1, 0.15) is 17.9 Å². The Kier molecular flexibility index (Phi) is 6.10. The van der Waals surface area contributed by atoms with Gasteiger partial charge in [-0.05, 0) is 37.6 Å². The second-order valence-electron chi connectivity index (χ2n) is 7.20. The Balaban J connectivity index is 1.34. The summed E-state index contributed by atoms with van der Waals surface area (Å²) in [5.41, 5.74) is 1.66. The standard InChI is InChI=1S/C21H23FN4O2S/c1-15-11-17(24-28-15)13-25-7-2-8-26(10-9-25)21(27)14-29-20-5-6-23-19-4-3-16(22)12-18(19)20/h3-6,11-12H,2,7-10,13-14H2,1H3. The molecule has 1 aromatic carbocycles. The molecule has 6 nitrogen and oxygen atoms in total. The van der Waals surface area contributed by atoms with Crippen molar-refractivity contribution in [3.63, 3.8) is 0 Å². The first-order valence-corrected chi connectivity index (χ1v) is 10.7. The van der Waals surface area contributed by atoms with Crippen LogP contribution in [0, 0.1) is 12.7 Å². The molecule has 4 rings (SSSR count). The SMILES string of the molecule is Cc1cc(CN2CCCN(C(=O)CSc3ccnc4ccc(F)cc34)CC2)no1. The van der Waals surface area contributed by atoms with Gasteiger partial charge in [-0.3, -0.25) is 14.7 Å². The zero-order chi connectivity index (χ0) is 20.2. The molecule has 0 spiro atoms. The number of hydrogen-bond acceptors (Lipinski definition) is 6. The second-order valence-corrected chi connectivity index (χ2v) is 8.22. The third-order valence-electron chi connectivity index (χ3n) is 5.02. The Bertz CT molecular complexity index is 1010. The van der Waals surface area contributed by atoms with Crippen molar-refractivity contribution in [2.45, 2.75) is 24.8 Å². The van der Waals surface area contributed by atoms with Gasteiger partial charge in [0.1, 0.15) is 11.6 Å². The number of aromatic nitrogens is 2. The molecule has 0 unspecified atom stereocenters. The molecule has 0 N–H and O–H groups in total. The average molecular weight is 415 g/mol. The number of fused-ring (bicyclic) bond motifs is 1. The van der Waals surface area contributed by atoms with E-state index in [1.807, 2.05) is 24.0 Å². The van der Waals surface area contributed by atoms with Crippen LogP contribution in [0.4, 0.5) is 4.39 Å². The zero-order valence-electron chi connectivity index (χ0n) is 16.3. The molecule has 0 saturated carbocycles. The number of aryl methyl sites for hydroxylation is 1. The lowest BCUT2D eigenvalue weighted by Gasteiger charge is -2.21. The number of pyridine rings is 1. The van der Waals surface area contributed by atoms with Gasteiger partial charge in [-0.1, -0.05) is 5.16 Å². The van der Waals surface area contributed by atoms with Crippen LogP contribution in [0.25, 0.3) is 10.9 Å². The van der Waals surface area contributed by atoms with Crippen LogP contribution in [0.2, 0.25) is 0 Å². The first-order valence-electron chi connectivity index (χ1n) is 9.68. The Labute approximate surface area is 173 Å². The number of nitrogens with zero attached hydrogens (tertiary/aromatic N) is 4. The Morgan fingerprint density at radius 2 is 2.10 bits per heavy atom. The smallest absolute Gasteiger partial charge is 0.232 e. The Hall–Kier alpha value is -2.45.